The second-order valence-corrected chi connectivity index (χ2v) is 11.8. The second-order valence-electron chi connectivity index (χ2n) is 11.8. The number of aromatic hydroxyl groups is 1. The number of aryl methyl sites for hydroxylation is 2. The Morgan fingerprint density at radius 1 is 0.711 bits per heavy atom. The normalized spacial score (nSPS) is 10.0. The van der Waals surface area contributed by atoms with Crippen LogP contribution < -0.4 is 15.5 Å². The van der Waals surface area contributed by atoms with Crippen molar-refractivity contribution in [3.63, 3.8) is 0 Å². The first-order valence-corrected chi connectivity index (χ1v) is 16.8. The fraction of sp³-hybridized carbons (Fsp3) is 0.415. The molecule has 0 bridgehead atoms. The van der Waals surface area contributed by atoms with Crippen molar-refractivity contribution in [1.29, 1.82) is 0 Å². The molecule has 0 aliphatic rings. The quantitative estimate of drug-likeness (QED) is 0.111. The molecular weight excluding hydrogens is 550 g/mol. The fourth-order valence-electron chi connectivity index (χ4n) is 4.65. The Morgan fingerprint density at radius 2 is 1.31 bits per heavy atom. The third kappa shape index (κ3) is 15.6. The van der Waals surface area contributed by atoms with Gasteiger partial charge in [-0.05, 0) is 112 Å². The number of benzene rings is 3. The molecule has 0 amide bonds. The van der Waals surface area contributed by atoms with Crippen molar-refractivity contribution in [2.24, 2.45) is 0 Å². The first-order valence-electron chi connectivity index (χ1n) is 16.8. The molecule has 0 spiro atoms. The van der Waals surface area contributed by atoms with Crippen LogP contribution in [0.5, 0.6) is 5.75 Å². The summed E-state index contributed by atoms with van der Waals surface area (Å²) >= 11 is 0. The van der Waals surface area contributed by atoms with E-state index in [2.05, 4.69) is 126 Å². The highest BCUT2D eigenvalue weighted by atomic mass is 16.3. The van der Waals surface area contributed by atoms with E-state index >= 15 is 0 Å². The average molecular weight is 612 g/mol. The molecule has 0 aromatic heterocycles. The molecule has 3 aromatic rings. The Morgan fingerprint density at radius 3 is 1.84 bits per heavy atom. The number of phenols is 1. The topological polar surface area (TPSA) is 47.5 Å². The minimum Gasteiger partial charge on any atom is -0.508 e. The largest absolute Gasteiger partial charge is 0.508 e. The van der Waals surface area contributed by atoms with Crippen molar-refractivity contribution < 1.29 is 5.11 Å². The molecule has 0 fully saturated rings. The number of phenolic OH excluding ortho intramolecular Hbond substituents is 1. The number of nitrogens with one attached hydrogen (secondary N) is 2. The van der Waals surface area contributed by atoms with E-state index in [9.17, 15) is 5.11 Å². The van der Waals surface area contributed by atoms with Crippen LogP contribution in [0.25, 0.3) is 11.4 Å². The SMILES string of the molecule is C=C(C)CCCC.C=C(NCCCC)c1ccc(C)c(NC(=C)c2ccc(O)cc2)c1.CCCN(CCC)c1ccccc1C. The molecule has 0 aliphatic heterocycles. The van der Waals surface area contributed by atoms with Crippen molar-refractivity contribution in [2.75, 3.05) is 29.9 Å². The highest BCUT2D eigenvalue weighted by Crippen LogP contribution is 2.25. The molecular formula is C41H61N3O. The van der Waals surface area contributed by atoms with Crippen LogP contribution in [0.1, 0.15) is 102 Å². The molecule has 45 heavy (non-hydrogen) atoms. The van der Waals surface area contributed by atoms with Crippen molar-refractivity contribution in [1.82, 2.24) is 5.32 Å². The van der Waals surface area contributed by atoms with Gasteiger partial charge >= 0.3 is 0 Å². The lowest BCUT2D eigenvalue weighted by Gasteiger charge is -2.25. The van der Waals surface area contributed by atoms with Gasteiger partial charge in [-0.15, -0.1) is 6.58 Å². The van der Waals surface area contributed by atoms with Crippen molar-refractivity contribution in [2.45, 2.75) is 93.4 Å². The van der Waals surface area contributed by atoms with Gasteiger partial charge in [-0.1, -0.05) is 89.6 Å². The summed E-state index contributed by atoms with van der Waals surface area (Å²) < 4.78 is 0. The molecule has 3 aromatic carbocycles. The number of allylic oxidation sites excluding steroid dienone is 1. The maximum Gasteiger partial charge on any atom is 0.115 e. The maximum absolute atomic E-state index is 9.39. The van der Waals surface area contributed by atoms with Crippen LogP contribution >= 0.6 is 0 Å². The van der Waals surface area contributed by atoms with E-state index in [4.69, 9.17) is 0 Å². The van der Waals surface area contributed by atoms with Crippen molar-refractivity contribution in [3.05, 3.63) is 114 Å². The average Bonchev–Trinajstić information content (AvgIpc) is 3.02. The van der Waals surface area contributed by atoms with Crippen LogP contribution in [0.4, 0.5) is 11.4 Å². The van der Waals surface area contributed by atoms with Crippen LogP contribution in [0.15, 0.2) is 92.0 Å². The molecule has 3 rings (SSSR count). The Labute approximate surface area is 276 Å². The van der Waals surface area contributed by atoms with E-state index in [1.165, 1.54) is 62.0 Å². The van der Waals surface area contributed by atoms with Crippen LogP contribution in [0, 0.1) is 13.8 Å². The molecule has 0 heterocycles. The monoisotopic (exact) mass is 611 g/mol. The molecule has 4 heteroatoms. The third-order valence-electron chi connectivity index (χ3n) is 7.36. The second kappa shape index (κ2) is 22.6. The molecule has 0 saturated carbocycles. The van der Waals surface area contributed by atoms with Crippen molar-refractivity contribution >= 4 is 22.8 Å². The number of hydrogen-bond acceptors (Lipinski definition) is 4. The molecule has 0 saturated heterocycles. The van der Waals surface area contributed by atoms with Crippen LogP contribution in [-0.4, -0.2) is 24.7 Å². The Hall–Kier alpha value is -3.92. The smallest absolute Gasteiger partial charge is 0.115 e. The zero-order chi connectivity index (χ0) is 33.6. The summed E-state index contributed by atoms with van der Waals surface area (Å²) in [6.45, 7) is 30.5. The lowest BCUT2D eigenvalue weighted by Crippen LogP contribution is -2.25. The van der Waals surface area contributed by atoms with Gasteiger partial charge in [0.15, 0.2) is 0 Å². The maximum atomic E-state index is 9.39. The number of anilines is 2. The first-order chi connectivity index (χ1) is 21.6. The number of nitrogens with zero attached hydrogens (tertiary/aromatic N) is 1. The van der Waals surface area contributed by atoms with E-state index in [1.54, 1.807) is 12.1 Å². The summed E-state index contributed by atoms with van der Waals surface area (Å²) in [5.74, 6) is 0.249. The van der Waals surface area contributed by atoms with E-state index in [-0.39, 0.29) is 5.75 Å². The van der Waals surface area contributed by atoms with Crippen molar-refractivity contribution in [3.8, 4) is 5.75 Å². The Balaban J connectivity index is 0.000000405. The van der Waals surface area contributed by atoms with E-state index < -0.39 is 0 Å². The zero-order valence-electron chi connectivity index (χ0n) is 29.4. The van der Waals surface area contributed by atoms with E-state index in [0.717, 1.165) is 53.2 Å². The van der Waals surface area contributed by atoms with Crippen LogP contribution in [0.3, 0.4) is 0 Å². The molecule has 0 atom stereocenters. The number of hydrogen-bond donors (Lipinski definition) is 3. The number of para-hydroxylation sites is 1. The summed E-state index contributed by atoms with van der Waals surface area (Å²) in [5, 5.41) is 16.1. The van der Waals surface area contributed by atoms with Crippen LogP contribution in [0.2, 0.25) is 0 Å². The Bertz CT molecular complexity index is 1290. The predicted molar refractivity (Wildman–Crippen MR) is 202 cm³/mol. The van der Waals surface area contributed by atoms with Gasteiger partial charge in [0.2, 0.25) is 0 Å². The first kappa shape index (κ1) is 39.1. The number of unbranched alkanes of at least 4 members (excludes halogenated alkanes) is 2. The lowest BCUT2D eigenvalue weighted by atomic mass is 10.1. The highest BCUT2D eigenvalue weighted by Gasteiger charge is 2.07. The van der Waals surface area contributed by atoms with Gasteiger partial charge in [-0.2, -0.15) is 0 Å². The molecule has 0 aliphatic carbocycles. The van der Waals surface area contributed by atoms with Gasteiger partial charge in [0.05, 0.1) is 0 Å². The number of rotatable bonds is 16. The highest BCUT2D eigenvalue weighted by molar-refractivity contribution is 5.78. The Kier molecular flexibility index (Phi) is 19.6. The molecule has 0 radical (unpaired) electrons. The van der Waals surface area contributed by atoms with E-state index in [0.29, 0.717) is 0 Å². The fourth-order valence-corrected chi connectivity index (χ4v) is 4.65. The third-order valence-corrected chi connectivity index (χ3v) is 7.36. The minimum absolute atomic E-state index is 0.249. The summed E-state index contributed by atoms with van der Waals surface area (Å²) in [4.78, 5) is 2.48. The molecule has 3 N–H and O–H groups in total. The summed E-state index contributed by atoms with van der Waals surface area (Å²) in [7, 11) is 0. The summed E-state index contributed by atoms with van der Waals surface area (Å²) in [6.07, 6.45) is 8.52. The van der Waals surface area contributed by atoms with Gasteiger partial charge in [0, 0.05) is 42.4 Å². The van der Waals surface area contributed by atoms with Gasteiger partial charge in [-0.3, -0.25) is 0 Å². The summed E-state index contributed by atoms with van der Waals surface area (Å²) in [6, 6.07) is 21.9. The van der Waals surface area contributed by atoms with Gasteiger partial charge in [0.1, 0.15) is 5.75 Å². The summed E-state index contributed by atoms with van der Waals surface area (Å²) in [5.41, 5.74) is 9.97. The van der Waals surface area contributed by atoms with E-state index in [1.807, 2.05) is 12.1 Å². The zero-order valence-corrected chi connectivity index (χ0v) is 29.4. The standard InChI is InChI=1S/C21H26N2O.C13H21N.C7H14/c1-5-6-13-22-16(3)19-8-7-15(2)21(14-19)23-17(4)18-9-11-20(24)12-10-18;1-4-10-14(11-5-2)13-9-7-6-8-12(13)3;1-4-5-6-7(2)3/h7-12,14,22-24H,3-6,13H2,1-2H3;6-9H,4-5,10-11H2,1-3H3;2,4-6H2,1,3H3. The lowest BCUT2D eigenvalue weighted by molar-refractivity contribution is 0.475. The van der Waals surface area contributed by atoms with Crippen LogP contribution in [-0.2, 0) is 0 Å². The minimum atomic E-state index is 0.249. The van der Waals surface area contributed by atoms with Gasteiger partial charge in [0.25, 0.3) is 0 Å². The molecule has 4 nitrogen and oxygen atoms in total. The van der Waals surface area contributed by atoms with Gasteiger partial charge < -0.3 is 20.6 Å². The predicted octanol–water partition coefficient (Wildman–Crippen LogP) is 11.5. The molecule has 246 valence electrons. The van der Waals surface area contributed by atoms with Gasteiger partial charge in [-0.25, -0.2) is 0 Å². The molecule has 0 unspecified atom stereocenters.